The Kier molecular flexibility index (Phi) is 3.92. The molecule has 4 heteroatoms. The van der Waals surface area contributed by atoms with Crippen LogP contribution in [0.15, 0.2) is 16.6 Å². The Balaban J connectivity index is 2.24. The van der Waals surface area contributed by atoms with Gasteiger partial charge in [-0.05, 0) is 59.7 Å². The van der Waals surface area contributed by atoms with Crippen LogP contribution in [0, 0.1) is 5.82 Å². The standard InChI is InChI=1S/C16H18BrFN2/c1-2-7-19-16-10-5-3-4-6-14(10)20-15-9-13(18)12(17)8-11(15)16/h8-9H,2-7H2,1H3,(H,19,20). The largest absolute Gasteiger partial charge is 0.384 e. The first-order valence-electron chi connectivity index (χ1n) is 7.25. The quantitative estimate of drug-likeness (QED) is 0.867. The van der Waals surface area contributed by atoms with Crippen molar-refractivity contribution in [2.24, 2.45) is 0 Å². The number of rotatable bonds is 3. The molecule has 0 spiro atoms. The molecular formula is C16H18BrFN2. The van der Waals surface area contributed by atoms with Gasteiger partial charge in [0.1, 0.15) is 5.82 Å². The fraction of sp³-hybridized carbons (Fsp3) is 0.438. The average Bonchev–Trinajstić information content (AvgIpc) is 2.45. The first-order chi connectivity index (χ1) is 9.70. The Labute approximate surface area is 126 Å². The lowest BCUT2D eigenvalue weighted by Crippen LogP contribution is -2.12. The summed E-state index contributed by atoms with van der Waals surface area (Å²) < 4.78 is 14.3. The summed E-state index contributed by atoms with van der Waals surface area (Å²) in [6, 6.07) is 3.38. The Morgan fingerprint density at radius 3 is 2.90 bits per heavy atom. The molecule has 0 radical (unpaired) electrons. The lowest BCUT2D eigenvalue weighted by Gasteiger charge is -2.21. The van der Waals surface area contributed by atoms with Crippen molar-refractivity contribution in [1.82, 2.24) is 4.98 Å². The van der Waals surface area contributed by atoms with Crippen LogP contribution in [-0.4, -0.2) is 11.5 Å². The number of benzene rings is 1. The Bertz CT molecular complexity index is 655. The van der Waals surface area contributed by atoms with Crippen LogP contribution < -0.4 is 5.32 Å². The van der Waals surface area contributed by atoms with Gasteiger partial charge in [-0.15, -0.1) is 0 Å². The van der Waals surface area contributed by atoms with Gasteiger partial charge < -0.3 is 5.32 Å². The van der Waals surface area contributed by atoms with E-state index in [0.29, 0.717) is 4.47 Å². The Morgan fingerprint density at radius 2 is 2.10 bits per heavy atom. The highest BCUT2D eigenvalue weighted by Crippen LogP contribution is 2.35. The molecule has 1 aromatic heterocycles. The van der Waals surface area contributed by atoms with E-state index in [2.05, 4.69) is 33.2 Å². The first kappa shape index (κ1) is 13.8. The monoisotopic (exact) mass is 336 g/mol. The van der Waals surface area contributed by atoms with E-state index in [1.54, 1.807) is 0 Å². The van der Waals surface area contributed by atoms with Crippen LogP contribution in [0.4, 0.5) is 10.1 Å². The van der Waals surface area contributed by atoms with Crippen molar-refractivity contribution in [1.29, 1.82) is 0 Å². The topological polar surface area (TPSA) is 24.9 Å². The van der Waals surface area contributed by atoms with Crippen LogP contribution in [0.5, 0.6) is 0 Å². The van der Waals surface area contributed by atoms with E-state index in [1.807, 2.05) is 6.07 Å². The second-order valence-electron chi connectivity index (χ2n) is 5.33. The SMILES string of the molecule is CCCNc1c2c(nc3cc(F)c(Br)cc13)CCCC2. The number of anilines is 1. The van der Waals surface area contributed by atoms with Crippen molar-refractivity contribution in [3.8, 4) is 0 Å². The number of hydrogen-bond acceptors (Lipinski definition) is 2. The molecule has 0 saturated heterocycles. The molecule has 1 aliphatic carbocycles. The summed E-state index contributed by atoms with van der Waals surface area (Å²) >= 11 is 3.28. The summed E-state index contributed by atoms with van der Waals surface area (Å²) in [4.78, 5) is 4.69. The molecule has 3 rings (SSSR count). The third-order valence-electron chi connectivity index (χ3n) is 3.86. The minimum absolute atomic E-state index is 0.248. The lowest BCUT2D eigenvalue weighted by molar-refractivity contribution is 0.622. The third-order valence-corrected chi connectivity index (χ3v) is 4.46. The fourth-order valence-corrected chi connectivity index (χ4v) is 3.21. The van der Waals surface area contributed by atoms with E-state index in [4.69, 9.17) is 0 Å². The normalized spacial score (nSPS) is 14.3. The minimum Gasteiger partial charge on any atom is -0.384 e. The average molecular weight is 337 g/mol. The Morgan fingerprint density at radius 1 is 1.30 bits per heavy atom. The second kappa shape index (κ2) is 5.68. The van der Waals surface area contributed by atoms with Crippen LogP contribution in [0.2, 0.25) is 0 Å². The maximum absolute atomic E-state index is 13.8. The molecule has 1 aromatic carbocycles. The summed E-state index contributed by atoms with van der Waals surface area (Å²) in [5.74, 6) is -0.248. The van der Waals surface area contributed by atoms with Gasteiger partial charge in [0.05, 0.1) is 9.99 Å². The number of aryl methyl sites for hydroxylation is 1. The van der Waals surface area contributed by atoms with Crippen molar-refractivity contribution in [3.63, 3.8) is 0 Å². The Hall–Kier alpha value is -1.16. The predicted molar refractivity (Wildman–Crippen MR) is 84.8 cm³/mol. The summed E-state index contributed by atoms with van der Waals surface area (Å²) in [5.41, 5.74) is 4.39. The molecule has 0 unspecified atom stereocenters. The highest BCUT2D eigenvalue weighted by atomic mass is 79.9. The molecule has 2 aromatic rings. The van der Waals surface area contributed by atoms with E-state index in [0.717, 1.165) is 48.1 Å². The van der Waals surface area contributed by atoms with Crippen molar-refractivity contribution >= 4 is 32.5 Å². The molecule has 0 fully saturated rings. The highest BCUT2D eigenvalue weighted by Gasteiger charge is 2.19. The zero-order chi connectivity index (χ0) is 14.1. The van der Waals surface area contributed by atoms with Gasteiger partial charge in [0.15, 0.2) is 0 Å². The minimum atomic E-state index is -0.248. The maximum Gasteiger partial charge on any atom is 0.139 e. The molecule has 0 aliphatic heterocycles. The van der Waals surface area contributed by atoms with Gasteiger partial charge in [-0.1, -0.05) is 6.92 Å². The predicted octanol–water partition coefficient (Wildman–Crippen LogP) is 4.84. The number of pyridine rings is 1. The maximum atomic E-state index is 13.8. The van der Waals surface area contributed by atoms with Gasteiger partial charge >= 0.3 is 0 Å². The van der Waals surface area contributed by atoms with Crippen LogP contribution in [0.3, 0.4) is 0 Å². The molecule has 0 atom stereocenters. The molecule has 0 amide bonds. The van der Waals surface area contributed by atoms with Crippen molar-refractivity contribution in [3.05, 3.63) is 33.7 Å². The lowest BCUT2D eigenvalue weighted by atomic mass is 9.92. The van der Waals surface area contributed by atoms with E-state index < -0.39 is 0 Å². The van der Waals surface area contributed by atoms with Crippen LogP contribution in [-0.2, 0) is 12.8 Å². The molecule has 1 aliphatic rings. The van der Waals surface area contributed by atoms with Gasteiger partial charge in [-0.2, -0.15) is 0 Å². The molecule has 0 saturated carbocycles. The van der Waals surface area contributed by atoms with E-state index in [9.17, 15) is 4.39 Å². The van der Waals surface area contributed by atoms with Crippen molar-refractivity contribution in [2.45, 2.75) is 39.0 Å². The second-order valence-corrected chi connectivity index (χ2v) is 6.18. The first-order valence-corrected chi connectivity index (χ1v) is 8.04. The number of nitrogens with one attached hydrogen (secondary N) is 1. The molecule has 2 nitrogen and oxygen atoms in total. The zero-order valence-electron chi connectivity index (χ0n) is 11.6. The molecule has 1 heterocycles. The molecule has 1 N–H and O–H groups in total. The summed E-state index contributed by atoms with van der Waals surface area (Å²) in [5, 5.41) is 4.55. The van der Waals surface area contributed by atoms with Crippen molar-refractivity contribution < 1.29 is 4.39 Å². The fourth-order valence-electron chi connectivity index (χ4n) is 2.87. The number of fused-ring (bicyclic) bond motifs is 2. The number of halogens is 2. The van der Waals surface area contributed by atoms with Gasteiger partial charge in [-0.3, -0.25) is 4.98 Å². The highest BCUT2D eigenvalue weighted by molar-refractivity contribution is 9.10. The van der Waals surface area contributed by atoms with Gasteiger partial charge in [0.25, 0.3) is 0 Å². The van der Waals surface area contributed by atoms with E-state index in [-0.39, 0.29) is 5.82 Å². The third kappa shape index (κ3) is 2.41. The summed E-state index contributed by atoms with van der Waals surface area (Å²) in [7, 11) is 0. The molecular weight excluding hydrogens is 319 g/mol. The molecule has 106 valence electrons. The van der Waals surface area contributed by atoms with E-state index >= 15 is 0 Å². The van der Waals surface area contributed by atoms with Crippen LogP contribution in [0.1, 0.15) is 37.4 Å². The zero-order valence-corrected chi connectivity index (χ0v) is 13.2. The molecule has 0 bridgehead atoms. The van der Waals surface area contributed by atoms with E-state index in [1.165, 1.54) is 24.5 Å². The smallest absolute Gasteiger partial charge is 0.139 e. The summed E-state index contributed by atoms with van der Waals surface area (Å²) in [6.07, 6.45) is 5.53. The van der Waals surface area contributed by atoms with Gasteiger partial charge in [-0.25, -0.2) is 4.39 Å². The van der Waals surface area contributed by atoms with Crippen LogP contribution in [0.25, 0.3) is 10.9 Å². The van der Waals surface area contributed by atoms with Gasteiger partial charge in [0.2, 0.25) is 0 Å². The summed E-state index contributed by atoms with van der Waals surface area (Å²) in [6.45, 7) is 3.08. The van der Waals surface area contributed by atoms with Crippen molar-refractivity contribution in [2.75, 3.05) is 11.9 Å². The van der Waals surface area contributed by atoms with Crippen LogP contribution >= 0.6 is 15.9 Å². The number of aromatic nitrogens is 1. The molecule has 20 heavy (non-hydrogen) atoms. The number of nitrogens with zero attached hydrogens (tertiary/aromatic N) is 1. The van der Waals surface area contributed by atoms with Gasteiger partial charge in [0, 0.05) is 29.4 Å². The number of hydrogen-bond donors (Lipinski definition) is 1.